The van der Waals surface area contributed by atoms with Crippen molar-refractivity contribution < 1.29 is 9.59 Å². The van der Waals surface area contributed by atoms with Crippen LogP contribution in [0.15, 0.2) is 30.5 Å². The summed E-state index contributed by atoms with van der Waals surface area (Å²) in [5.41, 5.74) is 4.37. The summed E-state index contributed by atoms with van der Waals surface area (Å²) >= 11 is 5.66. The van der Waals surface area contributed by atoms with Gasteiger partial charge in [-0.25, -0.2) is 4.98 Å². The molecule has 0 saturated heterocycles. The van der Waals surface area contributed by atoms with Crippen molar-refractivity contribution >= 4 is 23.4 Å². The number of carbonyl (C=O) groups is 2. The van der Waals surface area contributed by atoms with Gasteiger partial charge in [-0.05, 0) is 43.2 Å². The number of halogens is 1. The molecule has 0 fully saturated rings. The number of alkyl halides is 1. The van der Waals surface area contributed by atoms with Gasteiger partial charge in [-0.15, -0.1) is 11.6 Å². The average Bonchev–Trinajstić information content (AvgIpc) is 3.04. The molecule has 0 unspecified atom stereocenters. The predicted molar refractivity (Wildman–Crippen MR) is 102 cm³/mol. The third kappa shape index (κ3) is 3.67. The van der Waals surface area contributed by atoms with Crippen LogP contribution in [0.5, 0.6) is 0 Å². The van der Waals surface area contributed by atoms with E-state index in [9.17, 15) is 9.59 Å². The van der Waals surface area contributed by atoms with Gasteiger partial charge in [0.05, 0.1) is 29.7 Å². The normalized spacial score (nSPS) is 20.5. The van der Waals surface area contributed by atoms with E-state index >= 15 is 0 Å². The van der Waals surface area contributed by atoms with E-state index in [2.05, 4.69) is 20.6 Å². The van der Waals surface area contributed by atoms with Gasteiger partial charge < -0.3 is 10.6 Å². The number of hydrogen-bond donors (Lipinski definition) is 2. The topological polar surface area (TPSA) is 84.0 Å². The van der Waals surface area contributed by atoms with E-state index in [1.165, 1.54) is 0 Å². The summed E-state index contributed by atoms with van der Waals surface area (Å²) in [6.07, 6.45) is 6.19. The van der Waals surface area contributed by atoms with Gasteiger partial charge >= 0.3 is 0 Å². The molecule has 7 heteroatoms. The zero-order valence-corrected chi connectivity index (χ0v) is 15.6. The monoisotopic (exact) mass is 384 g/mol. The number of benzene rings is 1. The smallest absolute Gasteiger partial charge is 0.271 e. The van der Waals surface area contributed by atoms with Crippen LogP contribution < -0.4 is 10.6 Å². The lowest BCUT2D eigenvalue weighted by atomic mass is 10.0. The summed E-state index contributed by atoms with van der Waals surface area (Å²) in [4.78, 5) is 33.6. The van der Waals surface area contributed by atoms with E-state index in [4.69, 9.17) is 11.6 Å². The van der Waals surface area contributed by atoms with E-state index in [1.807, 2.05) is 24.3 Å². The second kappa shape index (κ2) is 7.64. The zero-order chi connectivity index (χ0) is 18.8. The van der Waals surface area contributed by atoms with Crippen LogP contribution in [-0.2, 0) is 24.1 Å². The molecule has 6 nitrogen and oxygen atoms in total. The molecule has 140 valence electrons. The number of nitrogens with zero attached hydrogens (tertiary/aromatic N) is 2. The number of fused-ring (bicyclic) bond motifs is 2. The van der Waals surface area contributed by atoms with E-state index < -0.39 is 0 Å². The van der Waals surface area contributed by atoms with Crippen molar-refractivity contribution in [2.45, 2.75) is 44.2 Å². The lowest BCUT2D eigenvalue weighted by molar-refractivity contribution is -0.119. The van der Waals surface area contributed by atoms with Crippen LogP contribution in [0.2, 0.25) is 0 Å². The van der Waals surface area contributed by atoms with Crippen molar-refractivity contribution in [2.24, 2.45) is 0 Å². The first kappa shape index (κ1) is 17.9. The fourth-order valence-corrected chi connectivity index (χ4v) is 3.99. The number of nitrogens with one attached hydrogen (secondary N) is 2. The number of aryl methyl sites for hydroxylation is 2. The maximum Gasteiger partial charge on any atom is 0.271 e. The number of rotatable bonds is 4. The van der Waals surface area contributed by atoms with Crippen LogP contribution in [-0.4, -0.2) is 33.7 Å². The van der Waals surface area contributed by atoms with Gasteiger partial charge in [-0.2, -0.15) is 0 Å². The maximum absolute atomic E-state index is 12.8. The highest BCUT2D eigenvalue weighted by molar-refractivity contribution is 6.27. The Morgan fingerprint density at radius 2 is 1.89 bits per heavy atom. The standard InChI is InChI=1S/C20H21ClN4O2/c21-10-18(26)25-19-13-6-2-1-5-12(13)9-16(19)24-20(27)17-11-22-14-7-3-4-8-15(14)23-17/h1-2,5-6,11,16,19H,3-4,7-10H2,(H,24,27)(H,25,26)/t16-,19-/m1/s1. The molecule has 2 atom stereocenters. The number of aromatic nitrogens is 2. The Labute approximate surface area is 162 Å². The highest BCUT2D eigenvalue weighted by Gasteiger charge is 2.34. The first-order valence-electron chi connectivity index (χ1n) is 9.24. The Kier molecular flexibility index (Phi) is 5.07. The van der Waals surface area contributed by atoms with Gasteiger partial charge in [-0.3, -0.25) is 14.6 Å². The lowest BCUT2D eigenvalue weighted by Gasteiger charge is -2.23. The van der Waals surface area contributed by atoms with Crippen molar-refractivity contribution in [2.75, 3.05) is 5.88 Å². The van der Waals surface area contributed by atoms with Gasteiger partial charge in [0.2, 0.25) is 5.91 Å². The van der Waals surface area contributed by atoms with E-state index in [0.29, 0.717) is 12.1 Å². The van der Waals surface area contributed by atoms with Crippen molar-refractivity contribution in [3.8, 4) is 0 Å². The minimum Gasteiger partial charge on any atom is -0.346 e. The second-order valence-electron chi connectivity index (χ2n) is 7.02. The van der Waals surface area contributed by atoms with Crippen LogP contribution >= 0.6 is 11.6 Å². The Morgan fingerprint density at radius 3 is 2.70 bits per heavy atom. The minimum atomic E-state index is -0.304. The molecule has 1 heterocycles. The van der Waals surface area contributed by atoms with Crippen molar-refractivity contribution in [3.05, 3.63) is 58.7 Å². The molecule has 0 saturated carbocycles. The van der Waals surface area contributed by atoms with Gasteiger partial charge in [-0.1, -0.05) is 24.3 Å². The van der Waals surface area contributed by atoms with Crippen LogP contribution in [0.1, 0.15) is 51.9 Å². The molecular weight excluding hydrogens is 364 g/mol. The highest BCUT2D eigenvalue weighted by Crippen LogP contribution is 2.31. The first-order chi connectivity index (χ1) is 13.2. The van der Waals surface area contributed by atoms with E-state index in [1.54, 1.807) is 6.20 Å². The van der Waals surface area contributed by atoms with Crippen molar-refractivity contribution in [3.63, 3.8) is 0 Å². The molecule has 0 bridgehead atoms. The highest BCUT2D eigenvalue weighted by atomic mass is 35.5. The molecular formula is C20H21ClN4O2. The van der Waals surface area contributed by atoms with Gasteiger partial charge in [0.25, 0.3) is 5.91 Å². The summed E-state index contributed by atoms with van der Waals surface area (Å²) in [5.74, 6) is -0.639. The van der Waals surface area contributed by atoms with Crippen molar-refractivity contribution in [1.29, 1.82) is 0 Å². The Morgan fingerprint density at radius 1 is 1.11 bits per heavy atom. The lowest BCUT2D eigenvalue weighted by Crippen LogP contribution is -2.45. The molecule has 2 amide bonds. The third-order valence-corrected chi connectivity index (χ3v) is 5.47. The molecule has 0 radical (unpaired) electrons. The predicted octanol–water partition coefficient (Wildman–Crippen LogP) is 2.11. The SMILES string of the molecule is O=C(CCl)N[C@@H]1c2ccccc2C[C@H]1NC(=O)c1cnc2c(n1)CCCC2. The maximum atomic E-state index is 12.8. The van der Waals surface area contributed by atoms with Crippen molar-refractivity contribution in [1.82, 2.24) is 20.6 Å². The van der Waals surface area contributed by atoms with Crippen LogP contribution in [0.3, 0.4) is 0 Å². The third-order valence-electron chi connectivity index (χ3n) is 5.23. The molecule has 1 aromatic carbocycles. The fourth-order valence-electron chi connectivity index (χ4n) is 3.92. The molecule has 2 aliphatic rings. The molecule has 1 aromatic heterocycles. The molecule has 2 N–H and O–H groups in total. The van der Waals surface area contributed by atoms with Gasteiger partial charge in [0.1, 0.15) is 11.6 Å². The average molecular weight is 385 g/mol. The molecule has 0 aliphatic heterocycles. The van der Waals surface area contributed by atoms with Crippen LogP contribution in [0.25, 0.3) is 0 Å². The van der Waals surface area contributed by atoms with Crippen LogP contribution in [0, 0.1) is 0 Å². The Bertz CT molecular complexity index is 886. The Hall–Kier alpha value is -2.47. The number of carbonyl (C=O) groups excluding carboxylic acids is 2. The zero-order valence-electron chi connectivity index (χ0n) is 14.9. The fraction of sp³-hybridized carbons (Fsp3) is 0.400. The van der Waals surface area contributed by atoms with E-state index in [-0.39, 0.29) is 29.8 Å². The number of hydrogen-bond acceptors (Lipinski definition) is 4. The number of amides is 2. The molecule has 2 aromatic rings. The summed E-state index contributed by atoms with van der Waals surface area (Å²) < 4.78 is 0. The molecule has 4 rings (SSSR count). The Balaban J connectivity index is 1.54. The van der Waals surface area contributed by atoms with Crippen LogP contribution in [0.4, 0.5) is 0 Å². The second-order valence-corrected chi connectivity index (χ2v) is 7.28. The minimum absolute atomic E-state index is 0.115. The molecule has 2 aliphatic carbocycles. The summed E-state index contributed by atoms with van der Waals surface area (Å²) in [5, 5.41) is 5.95. The quantitative estimate of drug-likeness (QED) is 0.791. The summed E-state index contributed by atoms with van der Waals surface area (Å²) in [7, 11) is 0. The molecule has 0 spiro atoms. The van der Waals surface area contributed by atoms with E-state index in [0.717, 1.165) is 48.2 Å². The largest absolute Gasteiger partial charge is 0.346 e. The van der Waals surface area contributed by atoms with Gasteiger partial charge in [0.15, 0.2) is 0 Å². The summed E-state index contributed by atoms with van der Waals surface area (Å²) in [6, 6.07) is 7.32. The summed E-state index contributed by atoms with van der Waals surface area (Å²) in [6.45, 7) is 0. The molecule has 27 heavy (non-hydrogen) atoms. The van der Waals surface area contributed by atoms with Gasteiger partial charge in [0, 0.05) is 0 Å². The first-order valence-corrected chi connectivity index (χ1v) is 9.78.